The van der Waals surface area contributed by atoms with Crippen molar-refractivity contribution in [2.75, 3.05) is 5.32 Å². The van der Waals surface area contributed by atoms with Crippen molar-refractivity contribution in [2.45, 2.75) is 31.3 Å². The lowest BCUT2D eigenvalue weighted by atomic mass is 10.3. The minimum Gasteiger partial charge on any atom is -0.379 e. The second-order valence-corrected chi connectivity index (χ2v) is 6.07. The van der Waals surface area contributed by atoms with E-state index < -0.39 is 10.0 Å². The van der Waals surface area contributed by atoms with Crippen molar-refractivity contribution >= 4 is 15.7 Å². The number of benzene rings is 1. The molecule has 0 bridgehead atoms. The summed E-state index contributed by atoms with van der Waals surface area (Å²) in [6.07, 6.45) is 4.62. The molecule has 0 aliphatic heterocycles. The third kappa shape index (κ3) is 3.58. The Kier molecular flexibility index (Phi) is 4.41. The van der Waals surface area contributed by atoms with Gasteiger partial charge in [-0.1, -0.05) is 13.0 Å². The first-order valence-corrected chi connectivity index (χ1v) is 7.91. The molecule has 2 aromatic rings. The fourth-order valence-corrected chi connectivity index (χ4v) is 2.47. The molecule has 1 aromatic carbocycles. The van der Waals surface area contributed by atoms with Crippen LogP contribution in [0.5, 0.6) is 0 Å². The molecule has 0 fully saturated rings. The molecule has 7 heteroatoms. The van der Waals surface area contributed by atoms with Crippen LogP contribution in [0.25, 0.3) is 0 Å². The first-order chi connectivity index (χ1) is 9.50. The Morgan fingerprint density at radius 2 is 2.20 bits per heavy atom. The lowest BCUT2D eigenvalue weighted by Gasteiger charge is -2.10. The van der Waals surface area contributed by atoms with Crippen molar-refractivity contribution in [1.82, 2.24) is 9.55 Å². The molecule has 1 aromatic heterocycles. The molecule has 0 atom stereocenters. The highest BCUT2D eigenvalue weighted by Gasteiger charge is 2.08. The molecule has 0 amide bonds. The fourth-order valence-electron chi connectivity index (χ4n) is 1.91. The number of rotatable bonds is 6. The normalized spacial score (nSPS) is 11.5. The molecule has 6 nitrogen and oxygen atoms in total. The van der Waals surface area contributed by atoms with Crippen LogP contribution in [0.15, 0.2) is 41.7 Å². The highest BCUT2D eigenvalue weighted by molar-refractivity contribution is 7.89. The number of nitrogens with two attached hydrogens (primary N) is 1. The van der Waals surface area contributed by atoms with Gasteiger partial charge in [0.1, 0.15) is 0 Å². The number of anilines is 1. The number of imidazole rings is 1. The van der Waals surface area contributed by atoms with Crippen LogP contribution in [0.1, 0.15) is 19.0 Å². The highest BCUT2D eigenvalue weighted by Crippen LogP contribution is 2.15. The van der Waals surface area contributed by atoms with Gasteiger partial charge in [-0.05, 0) is 24.6 Å². The molecule has 3 N–H and O–H groups in total. The van der Waals surface area contributed by atoms with Gasteiger partial charge in [0.05, 0.1) is 23.5 Å². The van der Waals surface area contributed by atoms with E-state index in [4.69, 9.17) is 5.14 Å². The number of hydrogen-bond acceptors (Lipinski definition) is 4. The largest absolute Gasteiger partial charge is 0.379 e. The average Bonchev–Trinajstić information content (AvgIpc) is 2.84. The van der Waals surface area contributed by atoms with Gasteiger partial charge in [-0.25, -0.2) is 18.5 Å². The van der Waals surface area contributed by atoms with Crippen molar-refractivity contribution in [3.63, 3.8) is 0 Å². The molecule has 0 radical (unpaired) electrons. The Morgan fingerprint density at radius 3 is 2.90 bits per heavy atom. The molecule has 0 saturated carbocycles. The van der Waals surface area contributed by atoms with Gasteiger partial charge in [-0.3, -0.25) is 0 Å². The number of aryl methyl sites for hydroxylation is 1. The van der Waals surface area contributed by atoms with Crippen LogP contribution in [0.2, 0.25) is 0 Å². The molecule has 2 rings (SSSR count). The van der Waals surface area contributed by atoms with E-state index in [1.807, 2.05) is 0 Å². The molecule has 0 unspecified atom stereocenters. The van der Waals surface area contributed by atoms with Gasteiger partial charge in [0, 0.05) is 18.4 Å². The SMILES string of the molecule is CCCn1cncc1CNc1cccc(S(N)(=O)=O)c1. The lowest BCUT2D eigenvalue weighted by molar-refractivity contribution is 0.598. The van der Waals surface area contributed by atoms with Crippen LogP contribution in [0.3, 0.4) is 0 Å². The quantitative estimate of drug-likeness (QED) is 0.846. The second kappa shape index (κ2) is 6.06. The minimum atomic E-state index is -3.67. The summed E-state index contributed by atoms with van der Waals surface area (Å²) >= 11 is 0. The summed E-state index contributed by atoms with van der Waals surface area (Å²) in [5.41, 5.74) is 1.76. The van der Waals surface area contributed by atoms with Gasteiger partial charge < -0.3 is 9.88 Å². The Morgan fingerprint density at radius 1 is 1.40 bits per heavy atom. The van der Waals surface area contributed by atoms with Crippen LogP contribution in [0.4, 0.5) is 5.69 Å². The van der Waals surface area contributed by atoms with Crippen LogP contribution < -0.4 is 10.5 Å². The Bertz CT molecular complexity index is 679. The predicted octanol–water partition coefficient (Wildman–Crippen LogP) is 1.55. The number of nitrogens with zero attached hydrogens (tertiary/aromatic N) is 2. The number of hydrogen-bond donors (Lipinski definition) is 2. The summed E-state index contributed by atoms with van der Waals surface area (Å²) in [6, 6.07) is 6.46. The zero-order valence-electron chi connectivity index (χ0n) is 11.3. The van der Waals surface area contributed by atoms with Gasteiger partial charge in [0.25, 0.3) is 0 Å². The van der Waals surface area contributed by atoms with Gasteiger partial charge in [0.2, 0.25) is 10.0 Å². The smallest absolute Gasteiger partial charge is 0.238 e. The van der Waals surface area contributed by atoms with E-state index in [-0.39, 0.29) is 4.90 Å². The number of nitrogens with one attached hydrogen (secondary N) is 1. The molecule has 0 aliphatic carbocycles. The number of primary sulfonamides is 1. The maximum Gasteiger partial charge on any atom is 0.238 e. The predicted molar refractivity (Wildman–Crippen MR) is 77.7 cm³/mol. The Balaban J connectivity index is 2.09. The average molecular weight is 294 g/mol. The molecule has 0 aliphatic rings. The third-order valence-corrected chi connectivity index (χ3v) is 3.81. The maximum atomic E-state index is 11.3. The zero-order chi connectivity index (χ0) is 14.6. The zero-order valence-corrected chi connectivity index (χ0v) is 12.1. The second-order valence-electron chi connectivity index (χ2n) is 4.50. The van der Waals surface area contributed by atoms with Gasteiger partial charge in [0.15, 0.2) is 0 Å². The van der Waals surface area contributed by atoms with Crippen LogP contribution in [0, 0.1) is 0 Å². The Hall–Kier alpha value is -1.86. The van der Waals surface area contributed by atoms with E-state index in [2.05, 4.69) is 21.8 Å². The van der Waals surface area contributed by atoms with E-state index in [0.29, 0.717) is 12.2 Å². The van der Waals surface area contributed by atoms with Crippen molar-refractivity contribution < 1.29 is 8.42 Å². The van der Waals surface area contributed by atoms with Crippen LogP contribution in [-0.4, -0.2) is 18.0 Å². The summed E-state index contributed by atoms with van der Waals surface area (Å²) in [5.74, 6) is 0. The standard InChI is InChI=1S/C13H18N4O2S/c1-2-6-17-10-15-8-12(17)9-16-11-4-3-5-13(7-11)20(14,18)19/h3-5,7-8,10,16H,2,6,9H2,1H3,(H2,14,18,19). The van der Waals surface area contributed by atoms with Crippen molar-refractivity contribution in [2.24, 2.45) is 5.14 Å². The van der Waals surface area contributed by atoms with Crippen molar-refractivity contribution in [3.8, 4) is 0 Å². The Labute approximate surface area is 118 Å². The van der Waals surface area contributed by atoms with Gasteiger partial charge in [-0.2, -0.15) is 0 Å². The first kappa shape index (κ1) is 14.5. The van der Waals surface area contributed by atoms with E-state index in [1.54, 1.807) is 24.7 Å². The topological polar surface area (TPSA) is 90.0 Å². The van der Waals surface area contributed by atoms with E-state index >= 15 is 0 Å². The van der Waals surface area contributed by atoms with Crippen molar-refractivity contribution in [3.05, 3.63) is 42.5 Å². The molecule has 20 heavy (non-hydrogen) atoms. The highest BCUT2D eigenvalue weighted by atomic mass is 32.2. The van der Waals surface area contributed by atoms with Crippen LogP contribution >= 0.6 is 0 Å². The van der Waals surface area contributed by atoms with Crippen molar-refractivity contribution in [1.29, 1.82) is 0 Å². The maximum absolute atomic E-state index is 11.3. The summed E-state index contributed by atoms with van der Waals surface area (Å²) in [6.45, 7) is 3.59. The van der Waals surface area contributed by atoms with E-state index in [9.17, 15) is 8.42 Å². The summed E-state index contributed by atoms with van der Waals surface area (Å²) < 4.78 is 24.7. The van der Waals surface area contributed by atoms with Gasteiger partial charge >= 0.3 is 0 Å². The summed E-state index contributed by atoms with van der Waals surface area (Å²) in [5, 5.41) is 8.29. The molecular formula is C13H18N4O2S. The number of aromatic nitrogens is 2. The monoisotopic (exact) mass is 294 g/mol. The number of sulfonamides is 1. The molecular weight excluding hydrogens is 276 g/mol. The molecule has 108 valence electrons. The van der Waals surface area contributed by atoms with E-state index in [0.717, 1.165) is 18.7 Å². The molecule has 1 heterocycles. The summed E-state index contributed by atoms with van der Waals surface area (Å²) in [7, 11) is -3.67. The lowest BCUT2D eigenvalue weighted by Crippen LogP contribution is -2.12. The fraction of sp³-hybridized carbons (Fsp3) is 0.308. The first-order valence-electron chi connectivity index (χ1n) is 6.36. The van der Waals surface area contributed by atoms with Gasteiger partial charge in [-0.15, -0.1) is 0 Å². The molecule has 0 saturated heterocycles. The molecule has 0 spiro atoms. The van der Waals surface area contributed by atoms with E-state index in [1.165, 1.54) is 12.1 Å². The minimum absolute atomic E-state index is 0.101. The summed E-state index contributed by atoms with van der Waals surface area (Å²) in [4.78, 5) is 4.22. The van der Waals surface area contributed by atoms with Crippen LogP contribution in [-0.2, 0) is 23.1 Å². The third-order valence-electron chi connectivity index (χ3n) is 2.90.